The lowest BCUT2D eigenvalue weighted by Crippen LogP contribution is -2.26. The number of nitrogens with zero attached hydrogens (tertiary/aromatic N) is 1. The van der Waals surface area contributed by atoms with Crippen molar-refractivity contribution in [3.63, 3.8) is 0 Å². The van der Waals surface area contributed by atoms with E-state index >= 15 is 0 Å². The van der Waals surface area contributed by atoms with Gasteiger partial charge in [-0.2, -0.15) is 4.73 Å². The molecule has 0 bridgehead atoms. The first-order valence-electron chi connectivity index (χ1n) is 5.90. The summed E-state index contributed by atoms with van der Waals surface area (Å²) in [7, 11) is 0. The van der Waals surface area contributed by atoms with E-state index in [1.54, 1.807) is 6.07 Å². The zero-order valence-corrected chi connectivity index (χ0v) is 10.2. The third-order valence-electron chi connectivity index (χ3n) is 2.63. The van der Waals surface area contributed by atoms with E-state index in [1.165, 1.54) is 6.20 Å². The first kappa shape index (κ1) is 11.5. The van der Waals surface area contributed by atoms with Crippen molar-refractivity contribution in [2.45, 2.75) is 13.8 Å². The largest absolute Gasteiger partial charge is 0.618 e. The average Bonchev–Trinajstić information content (AvgIpc) is 2.31. The molecule has 1 heterocycles. The van der Waals surface area contributed by atoms with Gasteiger partial charge in [-0.15, -0.1) is 0 Å². The second-order valence-corrected chi connectivity index (χ2v) is 3.85. The Balaban J connectivity index is 2.63. The van der Waals surface area contributed by atoms with Gasteiger partial charge in [-0.25, -0.2) is 0 Å². The van der Waals surface area contributed by atoms with Crippen LogP contribution in [0.25, 0.3) is 10.9 Å². The maximum absolute atomic E-state index is 11.8. The highest BCUT2D eigenvalue weighted by Crippen LogP contribution is 2.25. The molecule has 0 aliphatic heterocycles. The monoisotopic (exact) mass is 231 g/mol. The minimum absolute atomic E-state index is 0.682. The Morgan fingerprint density at radius 3 is 2.65 bits per heavy atom. The van der Waals surface area contributed by atoms with E-state index in [0.717, 1.165) is 34.6 Å². The van der Waals surface area contributed by atoms with E-state index in [-0.39, 0.29) is 0 Å². The Labute approximate surface area is 101 Å². The molecule has 0 spiro atoms. The molecule has 2 N–H and O–H groups in total. The molecule has 4 heteroatoms. The van der Waals surface area contributed by atoms with Gasteiger partial charge in [0.15, 0.2) is 6.20 Å². The van der Waals surface area contributed by atoms with Crippen molar-refractivity contribution >= 4 is 22.3 Å². The third kappa shape index (κ3) is 2.25. The molecule has 0 saturated heterocycles. The number of rotatable bonds is 4. The summed E-state index contributed by atoms with van der Waals surface area (Å²) < 4.78 is 0.900. The van der Waals surface area contributed by atoms with Gasteiger partial charge in [0.05, 0.1) is 11.1 Å². The highest BCUT2D eigenvalue weighted by molar-refractivity contribution is 5.92. The second kappa shape index (κ2) is 4.91. The number of anilines is 2. The molecule has 0 fully saturated rings. The highest BCUT2D eigenvalue weighted by Gasteiger charge is 2.09. The van der Waals surface area contributed by atoms with Crippen LogP contribution in [0.4, 0.5) is 11.4 Å². The lowest BCUT2D eigenvalue weighted by Gasteiger charge is -2.11. The molecular weight excluding hydrogens is 214 g/mol. The van der Waals surface area contributed by atoms with Crippen molar-refractivity contribution in [3.8, 4) is 0 Å². The van der Waals surface area contributed by atoms with Crippen LogP contribution in [-0.2, 0) is 0 Å². The summed E-state index contributed by atoms with van der Waals surface area (Å²) in [6.45, 7) is 5.74. The standard InChI is InChI=1S/C13H17N3O/c1-3-14-10-8-12(15-4-2)11-6-5-7-16(17)13(11)9-10/h5-9,14-15H,3-4H2,1-2H3. The maximum atomic E-state index is 11.8. The fourth-order valence-corrected chi connectivity index (χ4v) is 1.94. The summed E-state index contributed by atoms with van der Waals surface area (Å²) in [5.74, 6) is 0. The molecule has 2 rings (SSSR count). The molecule has 90 valence electrons. The zero-order chi connectivity index (χ0) is 12.3. The first-order valence-corrected chi connectivity index (χ1v) is 5.90. The molecule has 0 atom stereocenters. The predicted octanol–water partition coefficient (Wildman–Crippen LogP) is 2.34. The van der Waals surface area contributed by atoms with Crippen molar-refractivity contribution in [2.75, 3.05) is 23.7 Å². The van der Waals surface area contributed by atoms with Gasteiger partial charge in [-0.3, -0.25) is 0 Å². The van der Waals surface area contributed by atoms with E-state index in [9.17, 15) is 5.21 Å². The topological polar surface area (TPSA) is 51.0 Å². The number of fused-ring (bicyclic) bond motifs is 1. The summed E-state index contributed by atoms with van der Waals surface area (Å²) in [6.07, 6.45) is 1.52. The zero-order valence-electron chi connectivity index (χ0n) is 10.2. The molecule has 0 amide bonds. The normalized spacial score (nSPS) is 10.5. The lowest BCUT2D eigenvalue weighted by atomic mass is 10.1. The van der Waals surface area contributed by atoms with Gasteiger partial charge in [-0.05, 0) is 26.0 Å². The van der Waals surface area contributed by atoms with Gasteiger partial charge in [0.1, 0.15) is 0 Å². The molecule has 4 nitrogen and oxygen atoms in total. The van der Waals surface area contributed by atoms with Gasteiger partial charge in [0, 0.05) is 30.9 Å². The Bertz CT molecular complexity index is 525. The van der Waals surface area contributed by atoms with E-state index in [1.807, 2.05) is 32.0 Å². The third-order valence-corrected chi connectivity index (χ3v) is 2.63. The van der Waals surface area contributed by atoms with Crippen LogP contribution in [0.1, 0.15) is 13.8 Å². The highest BCUT2D eigenvalue weighted by atomic mass is 16.5. The quantitative estimate of drug-likeness (QED) is 0.627. The van der Waals surface area contributed by atoms with Gasteiger partial charge in [0.25, 0.3) is 0 Å². The Kier molecular flexibility index (Phi) is 3.32. The summed E-state index contributed by atoms with van der Waals surface area (Å²) in [5.41, 5.74) is 2.64. The second-order valence-electron chi connectivity index (χ2n) is 3.85. The van der Waals surface area contributed by atoms with E-state index in [2.05, 4.69) is 10.6 Å². The molecule has 0 unspecified atom stereocenters. The van der Waals surface area contributed by atoms with E-state index in [0.29, 0.717) is 5.52 Å². The van der Waals surface area contributed by atoms with Crippen LogP contribution in [0.3, 0.4) is 0 Å². The van der Waals surface area contributed by atoms with Crippen LogP contribution in [0.5, 0.6) is 0 Å². The van der Waals surface area contributed by atoms with Gasteiger partial charge < -0.3 is 15.8 Å². The average molecular weight is 231 g/mol. The fourth-order valence-electron chi connectivity index (χ4n) is 1.94. The van der Waals surface area contributed by atoms with Crippen molar-refractivity contribution in [1.29, 1.82) is 0 Å². The van der Waals surface area contributed by atoms with Gasteiger partial charge >= 0.3 is 0 Å². The Morgan fingerprint density at radius 1 is 1.18 bits per heavy atom. The maximum Gasteiger partial charge on any atom is 0.227 e. The number of nitrogens with one attached hydrogen (secondary N) is 2. The molecule has 17 heavy (non-hydrogen) atoms. The number of hydrogen-bond acceptors (Lipinski definition) is 3. The molecule has 1 aromatic carbocycles. The van der Waals surface area contributed by atoms with Crippen LogP contribution in [0.15, 0.2) is 30.5 Å². The number of aromatic nitrogens is 1. The molecule has 0 saturated carbocycles. The van der Waals surface area contributed by atoms with Crippen molar-refractivity contribution in [3.05, 3.63) is 35.7 Å². The van der Waals surface area contributed by atoms with Gasteiger partial charge in [0.2, 0.25) is 5.52 Å². The number of pyridine rings is 1. The van der Waals surface area contributed by atoms with Crippen LogP contribution in [0.2, 0.25) is 0 Å². The van der Waals surface area contributed by atoms with Gasteiger partial charge in [-0.1, -0.05) is 0 Å². The van der Waals surface area contributed by atoms with E-state index in [4.69, 9.17) is 0 Å². The molecule has 0 radical (unpaired) electrons. The fraction of sp³-hybridized carbons (Fsp3) is 0.308. The number of benzene rings is 1. The summed E-state index contributed by atoms with van der Waals surface area (Å²) >= 11 is 0. The van der Waals surface area contributed by atoms with Crippen molar-refractivity contribution in [2.24, 2.45) is 0 Å². The van der Waals surface area contributed by atoms with E-state index < -0.39 is 0 Å². The Hall–Kier alpha value is -1.97. The molecule has 0 aliphatic carbocycles. The molecule has 2 aromatic rings. The molecule has 1 aromatic heterocycles. The van der Waals surface area contributed by atoms with Crippen LogP contribution in [0, 0.1) is 5.21 Å². The smallest absolute Gasteiger partial charge is 0.227 e. The van der Waals surface area contributed by atoms with Crippen LogP contribution < -0.4 is 15.4 Å². The minimum Gasteiger partial charge on any atom is -0.618 e. The SMILES string of the molecule is CCNc1cc(NCC)c2ccc[n+]([O-])c2c1. The first-order chi connectivity index (χ1) is 8.26. The predicted molar refractivity (Wildman–Crippen MR) is 71.2 cm³/mol. The summed E-state index contributed by atoms with van der Waals surface area (Å²) in [5, 5.41) is 19.2. The number of hydrogen-bond donors (Lipinski definition) is 2. The summed E-state index contributed by atoms with van der Waals surface area (Å²) in [4.78, 5) is 0. The lowest BCUT2D eigenvalue weighted by molar-refractivity contribution is -0.576. The van der Waals surface area contributed by atoms with Crippen molar-refractivity contribution < 1.29 is 4.73 Å². The van der Waals surface area contributed by atoms with Crippen LogP contribution in [-0.4, -0.2) is 13.1 Å². The summed E-state index contributed by atoms with van der Waals surface area (Å²) in [6, 6.07) is 7.64. The molecular formula is C13H17N3O. The molecule has 0 aliphatic rings. The minimum atomic E-state index is 0.682. The van der Waals surface area contributed by atoms with Crippen molar-refractivity contribution in [1.82, 2.24) is 0 Å². The van der Waals surface area contributed by atoms with Crippen LogP contribution >= 0.6 is 0 Å². The Morgan fingerprint density at radius 2 is 1.94 bits per heavy atom.